The van der Waals surface area contributed by atoms with Gasteiger partial charge in [0.2, 0.25) is 0 Å². The van der Waals surface area contributed by atoms with E-state index in [1.807, 2.05) is 16.7 Å². The van der Waals surface area contributed by atoms with E-state index in [1.165, 1.54) is 0 Å². The summed E-state index contributed by atoms with van der Waals surface area (Å²) in [6, 6.07) is 1.76. The van der Waals surface area contributed by atoms with Crippen LogP contribution in [-0.2, 0) is 0 Å². The fraction of sp³-hybridized carbons (Fsp3) is 0.500. The zero-order valence-electron chi connectivity index (χ0n) is 10.7. The van der Waals surface area contributed by atoms with Crippen LogP contribution in [0.2, 0.25) is 0 Å². The molecule has 19 heavy (non-hydrogen) atoms. The van der Waals surface area contributed by atoms with Gasteiger partial charge in [-0.3, -0.25) is 4.79 Å². The maximum absolute atomic E-state index is 12.6. The van der Waals surface area contributed by atoms with E-state index < -0.39 is 0 Å². The average Bonchev–Trinajstić information content (AvgIpc) is 2.46. The Labute approximate surface area is 125 Å². The van der Waals surface area contributed by atoms with Crippen molar-refractivity contribution in [1.29, 1.82) is 0 Å². The van der Waals surface area contributed by atoms with Crippen LogP contribution in [0.4, 0.5) is 5.82 Å². The lowest BCUT2D eigenvalue weighted by atomic mass is 10.2. The molecule has 0 aromatic carbocycles. The molecule has 1 saturated heterocycles. The summed E-state index contributed by atoms with van der Waals surface area (Å²) in [6.07, 6.45) is 2.69. The van der Waals surface area contributed by atoms with Gasteiger partial charge in [0.1, 0.15) is 0 Å². The molecular formula is C12H17BrN4OS. The minimum atomic E-state index is -0.0134. The lowest BCUT2D eigenvalue weighted by Crippen LogP contribution is -2.42. The SMILES string of the molecule is CCC1CN(C(=O)c2cc(Br)cnc2NN)CCS1. The Morgan fingerprint density at radius 2 is 2.53 bits per heavy atom. The first-order chi connectivity index (χ1) is 9.15. The fourth-order valence-electron chi connectivity index (χ4n) is 2.04. The minimum Gasteiger partial charge on any atom is -0.337 e. The van der Waals surface area contributed by atoms with Gasteiger partial charge in [0.05, 0.1) is 5.56 Å². The molecule has 7 heteroatoms. The van der Waals surface area contributed by atoms with Gasteiger partial charge in [0.25, 0.3) is 5.91 Å². The Kier molecular flexibility index (Phi) is 5.06. The van der Waals surface area contributed by atoms with E-state index >= 15 is 0 Å². The number of carbonyl (C=O) groups excluding carboxylic acids is 1. The van der Waals surface area contributed by atoms with E-state index in [0.717, 1.165) is 29.7 Å². The molecule has 0 bridgehead atoms. The number of nitrogens with two attached hydrogens (primary N) is 1. The quantitative estimate of drug-likeness (QED) is 0.648. The normalized spacial score (nSPS) is 19.3. The van der Waals surface area contributed by atoms with Gasteiger partial charge in [0, 0.05) is 34.8 Å². The number of pyridine rings is 1. The highest BCUT2D eigenvalue weighted by atomic mass is 79.9. The number of rotatable bonds is 3. The number of nitrogens with one attached hydrogen (secondary N) is 1. The Balaban J connectivity index is 2.21. The zero-order chi connectivity index (χ0) is 13.8. The largest absolute Gasteiger partial charge is 0.337 e. The van der Waals surface area contributed by atoms with Crippen LogP contribution in [0.1, 0.15) is 23.7 Å². The molecule has 104 valence electrons. The van der Waals surface area contributed by atoms with Crippen LogP contribution in [0.5, 0.6) is 0 Å². The number of aromatic nitrogens is 1. The Bertz CT molecular complexity index is 471. The maximum atomic E-state index is 12.6. The summed E-state index contributed by atoms with van der Waals surface area (Å²) < 4.78 is 0.772. The monoisotopic (exact) mass is 344 g/mol. The third-order valence-corrected chi connectivity index (χ3v) is 4.91. The number of nitrogen functional groups attached to an aromatic ring is 1. The molecule has 2 heterocycles. The number of hydrogen-bond donors (Lipinski definition) is 2. The van der Waals surface area contributed by atoms with Crippen molar-refractivity contribution < 1.29 is 4.79 Å². The Morgan fingerprint density at radius 3 is 3.21 bits per heavy atom. The highest BCUT2D eigenvalue weighted by molar-refractivity contribution is 9.10. The summed E-state index contributed by atoms with van der Waals surface area (Å²) >= 11 is 5.27. The Morgan fingerprint density at radius 1 is 1.74 bits per heavy atom. The Hall–Kier alpha value is -0.790. The molecule has 1 aromatic heterocycles. The number of anilines is 1. The molecule has 1 aromatic rings. The second-order valence-electron chi connectivity index (χ2n) is 4.35. The maximum Gasteiger partial charge on any atom is 0.257 e. The van der Waals surface area contributed by atoms with Gasteiger partial charge in [-0.2, -0.15) is 11.8 Å². The highest BCUT2D eigenvalue weighted by Crippen LogP contribution is 2.25. The van der Waals surface area contributed by atoms with Gasteiger partial charge in [-0.05, 0) is 28.4 Å². The fourth-order valence-corrected chi connectivity index (χ4v) is 3.55. The van der Waals surface area contributed by atoms with Gasteiger partial charge in [0.15, 0.2) is 5.82 Å². The molecule has 1 amide bonds. The number of hydrazine groups is 1. The molecule has 1 unspecified atom stereocenters. The van der Waals surface area contributed by atoms with Crippen LogP contribution in [0.3, 0.4) is 0 Å². The number of nitrogens with zero attached hydrogens (tertiary/aromatic N) is 2. The summed E-state index contributed by atoms with van der Waals surface area (Å²) in [5, 5.41) is 0.520. The van der Waals surface area contributed by atoms with Crippen LogP contribution >= 0.6 is 27.7 Å². The van der Waals surface area contributed by atoms with Gasteiger partial charge in [-0.25, -0.2) is 10.8 Å². The highest BCUT2D eigenvalue weighted by Gasteiger charge is 2.25. The number of carbonyl (C=O) groups is 1. The number of hydrogen-bond acceptors (Lipinski definition) is 5. The van der Waals surface area contributed by atoms with Crippen molar-refractivity contribution in [1.82, 2.24) is 9.88 Å². The third-order valence-electron chi connectivity index (χ3n) is 3.10. The molecule has 0 saturated carbocycles. The van der Waals surface area contributed by atoms with Crippen LogP contribution < -0.4 is 11.3 Å². The van der Waals surface area contributed by atoms with Crippen molar-refractivity contribution in [2.75, 3.05) is 24.3 Å². The van der Waals surface area contributed by atoms with Crippen molar-refractivity contribution in [3.63, 3.8) is 0 Å². The topological polar surface area (TPSA) is 71.2 Å². The van der Waals surface area contributed by atoms with Crippen molar-refractivity contribution in [3.8, 4) is 0 Å². The summed E-state index contributed by atoms with van der Waals surface area (Å²) in [6.45, 7) is 3.71. The van der Waals surface area contributed by atoms with Crippen molar-refractivity contribution in [2.24, 2.45) is 5.84 Å². The van der Waals surface area contributed by atoms with Crippen molar-refractivity contribution in [3.05, 3.63) is 22.3 Å². The number of halogens is 1. The first kappa shape index (κ1) is 14.6. The molecule has 3 N–H and O–H groups in total. The third kappa shape index (κ3) is 3.40. The molecule has 1 aliphatic heterocycles. The van der Waals surface area contributed by atoms with E-state index in [-0.39, 0.29) is 5.91 Å². The molecule has 2 rings (SSSR count). The van der Waals surface area contributed by atoms with Gasteiger partial charge < -0.3 is 10.3 Å². The van der Waals surface area contributed by atoms with Crippen molar-refractivity contribution >= 4 is 39.4 Å². The first-order valence-electron chi connectivity index (χ1n) is 6.18. The van der Waals surface area contributed by atoms with Crippen LogP contribution in [0.25, 0.3) is 0 Å². The average molecular weight is 345 g/mol. The lowest BCUT2D eigenvalue weighted by molar-refractivity contribution is 0.0761. The minimum absolute atomic E-state index is 0.0134. The standard InChI is InChI=1S/C12H17BrN4OS/c1-2-9-7-17(3-4-19-9)12(18)10-5-8(13)6-15-11(10)16-14/h5-6,9H,2-4,7,14H2,1H3,(H,15,16). The first-order valence-corrected chi connectivity index (χ1v) is 8.03. The molecule has 0 spiro atoms. The van der Waals surface area contributed by atoms with Crippen LogP contribution in [0, 0.1) is 0 Å². The van der Waals surface area contributed by atoms with Gasteiger partial charge in [-0.15, -0.1) is 0 Å². The van der Waals surface area contributed by atoms with Gasteiger partial charge >= 0.3 is 0 Å². The summed E-state index contributed by atoms with van der Waals surface area (Å²) in [5.74, 6) is 6.80. The van der Waals surface area contributed by atoms with Crippen LogP contribution in [0.15, 0.2) is 16.7 Å². The van der Waals surface area contributed by atoms with E-state index in [4.69, 9.17) is 5.84 Å². The van der Waals surface area contributed by atoms with Crippen molar-refractivity contribution in [2.45, 2.75) is 18.6 Å². The summed E-state index contributed by atoms with van der Waals surface area (Å²) in [4.78, 5) is 18.6. The second-order valence-corrected chi connectivity index (χ2v) is 6.67. The molecule has 1 aliphatic rings. The lowest BCUT2D eigenvalue weighted by Gasteiger charge is -2.32. The smallest absolute Gasteiger partial charge is 0.257 e. The number of amides is 1. The molecule has 5 nitrogen and oxygen atoms in total. The predicted octanol–water partition coefficient (Wildman–Crippen LogP) is 2.10. The van der Waals surface area contributed by atoms with Gasteiger partial charge in [-0.1, -0.05) is 6.92 Å². The molecule has 1 fully saturated rings. The summed E-state index contributed by atoms with van der Waals surface area (Å²) in [5.41, 5.74) is 3.00. The summed E-state index contributed by atoms with van der Waals surface area (Å²) in [7, 11) is 0. The molecule has 0 radical (unpaired) electrons. The molecule has 0 aliphatic carbocycles. The molecule has 1 atom stereocenters. The molecular weight excluding hydrogens is 328 g/mol. The van der Waals surface area contributed by atoms with E-state index in [2.05, 4.69) is 33.3 Å². The van der Waals surface area contributed by atoms with E-state index in [9.17, 15) is 4.79 Å². The van der Waals surface area contributed by atoms with E-state index in [0.29, 0.717) is 16.6 Å². The predicted molar refractivity (Wildman–Crippen MR) is 82.2 cm³/mol. The second kappa shape index (κ2) is 6.58. The van der Waals surface area contributed by atoms with E-state index in [1.54, 1.807) is 12.3 Å². The van der Waals surface area contributed by atoms with Crippen LogP contribution in [-0.4, -0.2) is 39.9 Å². The zero-order valence-corrected chi connectivity index (χ0v) is 13.1. The number of thioether (sulfide) groups is 1.